The zero-order valence-electron chi connectivity index (χ0n) is 6.36. The largest absolute Gasteiger partial charge is 0.481 e. The maximum Gasteiger partial charge on any atom is 0.305 e. The number of carboxylic acids is 1. The Morgan fingerprint density at radius 2 is 2.42 bits per heavy atom. The highest BCUT2D eigenvalue weighted by Gasteiger charge is 2.12. The van der Waals surface area contributed by atoms with Gasteiger partial charge in [-0.25, -0.2) is 0 Å². The monoisotopic (exact) mass is 170 g/mol. The lowest BCUT2D eigenvalue weighted by molar-refractivity contribution is -0.137. The SMILES string of the molecule is Nc1cc([C@H](N)CC(=O)O)co1. The van der Waals surface area contributed by atoms with Crippen LogP contribution in [0.5, 0.6) is 0 Å². The summed E-state index contributed by atoms with van der Waals surface area (Å²) < 4.78 is 4.77. The summed E-state index contributed by atoms with van der Waals surface area (Å²) in [7, 11) is 0. The molecule has 0 aliphatic heterocycles. The molecule has 1 aromatic rings. The Morgan fingerprint density at radius 1 is 1.75 bits per heavy atom. The zero-order valence-corrected chi connectivity index (χ0v) is 6.36. The molecule has 0 amide bonds. The highest BCUT2D eigenvalue weighted by Crippen LogP contribution is 2.18. The summed E-state index contributed by atoms with van der Waals surface area (Å²) in [5, 5.41) is 8.41. The summed E-state index contributed by atoms with van der Waals surface area (Å²) in [4.78, 5) is 10.2. The predicted octanol–water partition coefficient (Wildman–Crippen LogP) is 0.336. The lowest BCUT2D eigenvalue weighted by Gasteiger charge is -2.03. The van der Waals surface area contributed by atoms with Gasteiger partial charge in [0.1, 0.15) is 0 Å². The zero-order chi connectivity index (χ0) is 9.14. The minimum Gasteiger partial charge on any atom is -0.481 e. The van der Waals surface area contributed by atoms with Crippen LogP contribution in [-0.4, -0.2) is 11.1 Å². The number of furan rings is 1. The van der Waals surface area contributed by atoms with Gasteiger partial charge in [-0.3, -0.25) is 4.79 Å². The second kappa shape index (κ2) is 3.27. The van der Waals surface area contributed by atoms with Gasteiger partial charge in [-0.15, -0.1) is 0 Å². The number of nitrogens with two attached hydrogens (primary N) is 2. The van der Waals surface area contributed by atoms with E-state index in [0.717, 1.165) is 0 Å². The molecule has 5 heteroatoms. The third-order valence-corrected chi connectivity index (χ3v) is 1.46. The number of hydrogen-bond donors (Lipinski definition) is 3. The lowest BCUT2D eigenvalue weighted by atomic mass is 10.1. The van der Waals surface area contributed by atoms with E-state index in [1.807, 2.05) is 0 Å². The van der Waals surface area contributed by atoms with Crippen molar-refractivity contribution in [1.82, 2.24) is 0 Å². The summed E-state index contributed by atoms with van der Waals surface area (Å²) in [6, 6.07) is 0.969. The topological polar surface area (TPSA) is 102 Å². The normalized spacial score (nSPS) is 12.8. The highest BCUT2D eigenvalue weighted by atomic mass is 16.4. The van der Waals surface area contributed by atoms with Crippen molar-refractivity contribution in [2.75, 3.05) is 5.73 Å². The van der Waals surface area contributed by atoms with E-state index in [9.17, 15) is 4.79 Å². The molecule has 5 N–H and O–H groups in total. The molecule has 0 unspecified atom stereocenters. The van der Waals surface area contributed by atoms with Gasteiger partial charge in [0.15, 0.2) is 5.88 Å². The van der Waals surface area contributed by atoms with Crippen LogP contribution in [0.2, 0.25) is 0 Å². The van der Waals surface area contributed by atoms with Crippen LogP contribution in [0.4, 0.5) is 5.88 Å². The van der Waals surface area contributed by atoms with E-state index in [1.54, 1.807) is 0 Å². The minimum absolute atomic E-state index is 0.126. The predicted molar refractivity (Wildman–Crippen MR) is 42.3 cm³/mol. The van der Waals surface area contributed by atoms with Gasteiger partial charge < -0.3 is 21.0 Å². The van der Waals surface area contributed by atoms with E-state index < -0.39 is 12.0 Å². The van der Waals surface area contributed by atoms with Crippen LogP contribution in [0.1, 0.15) is 18.0 Å². The Morgan fingerprint density at radius 3 is 2.83 bits per heavy atom. The fourth-order valence-electron chi connectivity index (χ4n) is 0.869. The van der Waals surface area contributed by atoms with Gasteiger partial charge in [-0.2, -0.15) is 0 Å². The van der Waals surface area contributed by atoms with Crippen LogP contribution in [-0.2, 0) is 4.79 Å². The summed E-state index contributed by atoms with van der Waals surface area (Å²) in [6.45, 7) is 0. The van der Waals surface area contributed by atoms with Gasteiger partial charge in [-0.05, 0) is 0 Å². The van der Waals surface area contributed by atoms with Crippen LogP contribution < -0.4 is 11.5 Å². The van der Waals surface area contributed by atoms with Crippen molar-refractivity contribution in [2.24, 2.45) is 5.73 Å². The first-order valence-corrected chi connectivity index (χ1v) is 3.41. The third kappa shape index (κ3) is 2.00. The number of anilines is 1. The number of nitrogen functional groups attached to an aromatic ring is 1. The van der Waals surface area contributed by atoms with Crippen molar-refractivity contribution < 1.29 is 14.3 Å². The van der Waals surface area contributed by atoms with Gasteiger partial charge in [0.05, 0.1) is 12.7 Å². The van der Waals surface area contributed by atoms with E-state index in [-0.39, 0.29) is 12.3 Å². The summed E-state index contributed by atoms with van der Waals surface area (Å²) in [5.41, 5.74) is 11.4. The average molecular weight is 170 g/mol. The average Bonchev–Trinajstić information content (AvgIpc) is 2.34. The summed E-state index contributed by atoms with van der Waals surface area (Å²) >= 11 is 0. The van der Waals surface area contributed by atoms with Crippen molar-refractivity contribution in [3.8, 4) is 0 Å². The third-order valence-electron chi connectivity index (χ3n) is 1.46. The van der Waals surface area contributed by atoms with Crippen LogP contribution in [0.3, 0.4) is 0 Å². The fourth-order valence-corrected chi connectivity index (χ4v) is 0.869. The molecule has 0 saturated heterocycles. The molecule has 0 spiro atoms. The van der Waals surface area contributed by atoms with Crippen LogP contribution in [0.25, 0.3) is 0 Å². The van der Waals surface area contributed by atoms with Gasteiger partial charge in [0.2, 0.25) is 0 Å². The Balaban J connectivity index is 2.64. The molecule has 0 aliphatic carbocycles. The Kier molecular flexibility index (Phi) is 2.35. The molecule has 5 nitrogen and oxygen atoms in total. The number of rotatable bonds is 3. The van der Waals surface area contributed by atoms with E-state index in [2.05, 4.69) is 0 Å². The van der Waals surface area contributed by atoms with E-state index in [4.69, 9.17) is 21.0 Å². The molecule has 0 saturated carbocycles. The molecule has 0 bridgehead atoms. The smallest absolute Gasteiger partial charge is 0.305 e. The van der Waals surface area contributed by atoms with Crippen molar-refractivity contribution in [1.29, 1.82) is 0 Å². The number of aliphatic carboxylic acids is 1. The minimum atomic E-state index is -0.942. The summed E-state index contributed by atoms with van der Waals surface area (Å²) in [5.74, 6) is -0.701. The Bertz CT molecular complexity index is 282. The molecule has 0 aliphatic rings. The van der Waals surface area contributed by atoms with Gasteiger partial charge in [-0.1, -0.05) is 0 Å². The van der Waals surface area contributed by atoms with E-state index >= 15 is 0 Å². The molecular weight excluding hydrogens is 160 g/mol. The standard InChI is InChI=1S/C7H10N2O3/c8-5(2-7(10)11)4-1-6(9)12-3-4/h1,3,5H,2,8-9H2,(H,10,11)/t5-/m1/s1. The van der Waals surface area contributed by atoms with E-state index in [0.29, 0.717) is 5.56 Å². The molecule has 66 valence electrons. The molecule has 1 rings (SSSR count). The van der Waals surface area contributed by atoms with Gasteiger partial charge >= 0.3 is 5.97 Å². The lowest BCUT2D eigenvalue weighted by Crippen LogP contribution is -2.14. The molecule has 1 atom stereocenters. The molecule has 12 heavy (non-hydrogen) atoms. The molecular formula is C7H10N2O3. The van der Waals surface area contributed by atoms with Crippen LogP contribution >= 0.6 is 0 Å². The molecule has 1 aromatic heterocycles. The van der Waals surface area contributed by atoms with Crippen molar-refractivity contribution in [3.05, 3.63) is 17.9 Å². The van der Waals surface area contributed by atoms with Crippen molar-refractivity contribution >= 4 is 11.9 Å². The maximum atomic E-state index is 10.2. The maximum absolute atomic E-state index is 10.2. The Hall–Kier alpha value is -1.49. The van der Waals surface area contributed by atoms with Crippen molar-refractivity contribution in [2.45, 2.75) is 12.5 Å². The summed E-state index contributed by atoms with van der Waals surface area (Å²) in [6.07, 6.45) is 1.24. The number of carboxylic acid groups (broad SMARTS) is 1. The van der Waals surface area contributed by atoms with Gasteiger partial charge in [0, 0.05) is 17.7 Å². The van der Waals surface area contributed by atoms with E-state index in [1.165, 1.54) is 12.3 Å². The first-order chi connectivity index (χ1) is 5.59. The molecule has 0 radical (unpaired) electrons. The fraction of sp³-hybridized carbons (Fsp3) is 0.286. The van der Waals surface area contributed by atoms with Crippen LogP contribution in [0, 0.1) is 0 Å². The van der Waals surface area contributed by atoms with Gasteiger partial charge in [0.25, 0.3) is 0 Å². The Labute approximate surface area is 69.0 Å². The molecule has 1 heterocycles. The quantitative estimate of drug-likeness (QED) is 0.606. The second-order valence-electron chi connectivity index (χ2n) is 2.49. The molecule has 0 aromatic carbocycles. The first-order valence-electron chi connectivity index (χ1n) is 3.41. The highest BCUT2D eigenvalue weighted by molar-refractivity contribution is 5.67. The number of carbonyl (C=O) groups is 1. The van der Waals surface area contributed by atoms with Crippen LogP contribution in [0.15, 0.2) is 16.7 Å². The molecule has 0 fully saturated rings. The second-order valence-corrected chi connectivity index (χ2v) is 2.49. The first kappa shape index (κ1) is 8.61. The number of hydrogen-bond acceptors (Lipinski definition) is 4. The van der Waals surface area contributed by atoms with Crippen molar-refractivity contribution in [3.63, 3.8) is 0 Å².